The summed E-state index contributed by atoms with van der Waals surface area (Å²) in [5.41, 5.74) is 2.95. The van der Waals surface area contributed by atoms with Gasteiger partial charge in [-0.25, -0.2) is 18.9 Å². The minimum atomic E-state index is -0.388. The molecule has 0 aliphatic carbocycles. The molecule has 6 rings (SSSR count). The van der Waals surface area contributed by atoms with Gasteiger partial charge in [0.15, 0.2) is 5.82 Å². The number of rotatable bonds is 5. The van der Waals surface area contributed by atoms with Crippen molar-refractivity contribution in [3.8, 4) is 22.9 Å². The highest BCUT2D eigenvalue weighted by Crippen LogP contribution is 2.29. The van der Waals surface area contributed by atoms with Gasteiger partial charge in [-0.15, -0.1) is 0 Å². The quantitative estimate of drug-likeness (QED) is 0.392. The largest absolute Gasteiger partial charge is 0.334 e. The first kappa shape index (κ1) is 21.1. The molecule has 1 amide bonds. The van der Waals surface area contributed by atoms with Crippen LogP contribution in [-0.2, 0) is 6.54 Å². The summed E-state index contributed by atoms with van der Waals surface area (Å²) >= 11 is 0. The third kappa shape index (κ3) is 3.92. The highest BCUT2D eigenvalue weighted by molar-refractivity contribution is 6.06. The first-order valence-electron chi connectivity index (χ1n) is 11.4. The fourth-order valence-electron chi connectivity index (χ4n) is 4.57. The second-order valence-corrected chi connectivity index (χ2v) is 8.41. The van der Waals surface area contributed by atoms with E-state index in [1.54, 1.807) is 29.0 Å². The molecule has 1 aliphatic rings. The van der Waals surface area contributed by atoms with Crippen LogP contribution in [0.2, 0.25) is 0 Å². The summed E-state index contributed by atoms with van der Waals surface area (Å²) in [7, 11) is 0. The Kier molecular flexibility index (Phi) is 5.25. The van der Waals surface area contributed by atoms with E-state index in [-0.39, 0.29) is 17.8 Å². The monoisotopic (exact) mass is 468 g/mol. The first-order chi connectivity index (χ1) is 17.2. The Morgan fingerprint density at radius 3 is 2.69 bits per heavy atom. The second kappa shape index (κ2) is 8.71. The van der Waals surface area contributed by atoms with Crippen LogP contribution in [0.25, 0.3) is 28.4 Å². The molecule has 1 saturated heterocycles. The number of carbonyl (C=O) groups is 1. The minimum absolute atomic E-state index is 0.0281. The standard InChI is InChI=1S/C25H21FN8O/c26-17-7-8-19(29-15-17)20-9-14-32(30-20)16-18-5-3-12-33(18)25(35)22-21-6-1-2-13-34(21)31-23(22)24-27-10-4-11-28-24/h1-2,4,6-11,13-15,18H,3,5,12,16H2/t18-/m0/s1. The van der Waals surface area contributed by atoms with Crippen LogP contribution in [0.5, 0.6) is 0 Å². The number of amides is 1. The fourth-order valence-corrected chi connectivity index (χ4v) is 4.57. The van der Waals surface area contributed by atoms with Crippen molar-refractivity contribution in [3.05, 3.63) is 84.8 Å². The highest BCUT2D eigenvalue weighted by atomic mass is 19.1. The second-order valence-electron chi connectivity index (χ2n) is 8.41. The Morgan fingerprint density at radius 2 is 1.86 bits per heavy atom. The fraction of sp³-hybridized carbons (Fsp3) is 0.200. The summed E-state index contributed by atoms with van der Waals surface area (Å²) in [5.74, 6) is -0.0659. The molecule has 1 fully saturated rings. The van der Waals surface area contributed by atoms with E-state index in [2.05, 4.69) is 25.1 Å². The van der Waals surface area contributed by atoms with Gasteiger partial charge < -0.3 is 4.90 Å². The topological polar surface area (TPSA) is 94.1 Å². The average molecular weight is 468 g/mol. The van der Waals surface area contributed by atoms with E-state index in [4.69, 9.17) is 0 Å². The molecule has 174 valence electrons. The van der Waals surface area contributed by atoms with Crippen LogP contribution >= 0.6 is 0 Å². The van der Waals surface area contributed by atoms with Gasteiger partial charge >= 0.3 is 0 Å². The van der Waals surface area contributed by atoms with E-state index >= 15 is 0 Å². The number of hydrogen-bond donors (Lipinski definition) is 0. The molecule has 6 heterocycles. The Balaban J connectivity index is 1.30. The van der Waals surface area contributed by atoms with Gasteiger partial charge in [0.1, 0.15) is 17.2 Å². The van der Waals surface area contributed by atoms with E-state index < -0.39 is 0 Å². The first-order valence-corrected chi connectivity index (χ1v) is 11.4. The van der Waals surface area contributed by atoms with Crippen LogP contribution < -0.4 is 0 Å². The molecule has 10 heteroatoms. The lowest BCUT2D eigenvalue weighted by atomic mass is 10.1. The average Bonchev–Trinajstić information content (AvgIpc) is 3.63. The van der Waals surface area contributed by atoms with Gasteiger partial charge in [0.05, 0.1) is 35.6 Å². The lowest BCUT2D eigenvalue weighted by Gasteiger charge is -2.24. The van der Waals surface area contributed by atoms with Crippen molar-refractivity contribution in [2.24, 2.45) is 0 Å². The molecule has 0 unspecified atom stereocenters. The third-order valence-corrected chi connectivity index (χ3v) is 6.20. The molecular formula is C25H21FN8O. The molecule has 5 aromatic heterocycles. The van der Waals surface area contributed by atoms with E-state index in [1.807, 2.05) is 46.2 Å². The molecular weight excluding hydrogens is 447 g/mol. The molecule has 0 aromatic carbocycles. The summed E-state index contributed by atoms with van der Waals surface area (Å²) in [4.78, 5) is 28.6. The van der Waals surface area contributed by atoms with Crippen molar-refractivity contribution in [3.63, 3.8) is 0 Å². The van der Waals surface area contributed by atoms with E-state index in [9.17, 15) is 9.18 Å². The zero-order valence-electron chi connectivity index (χ0n) is 18.7. The predicted molar refractivity (Wildman–Crippen MR) is 126 cm³/mol. The molecule has 0 N–H and O–H groups in total. The molecule has 9 nitrogen and oxygen atoms in total. The Hall–Kier alpha value is -4.47. The van der Waals surface area contributed by atoms with Crippen LogP contribution in [0.15, 0.2) is 73.4 Å². The van der Waals surface area contributed by atoms with Gasteiger partial charge in [-0.3, -0.25) is 14.5 Å². The number of hydrogen-bond acceptors (Lipinski definition) is 6. The van der Waals surface area contributed by atoms with Crippen molar-refractivity contribution in [2.75, 3.05) is 6.54 Å². The maximum Gasteiger partial charge on any atom is 0.258 e. The van der Waals surface area contributed by atoms with E-state index in [0.29, 0.717) is 41.6 Å². The molecule has 1 atom stereocenters. The molecule has 1 aliphatic heterocycles. The molecule has 0 spiro atoms. The lowest BCUT2D eigenvalue weighted by molar-refractivity contribution is 0.0724. The van der Waals surface area contributed by atoms with Gasteiger partial charge in [-0.2, -0.15) is 10.2 Å². The molecule has 0 radical (unpaired) electrons. The van der Waals surface area contributed by atoms with Crippen LogP contribution in [0, 0.1) is 5.82 Å². The Labute approximate surface area is 199 Å². The smallest absolute Gasteiger partial charge is 0.258 e. The molecule has 0 saturated carbocycles. The van der Waals surface area contributed by atoms with Crippen molar-refractivity contribution >= 4 is 11.4 Å². The van der Waals surface area contributed by atoms with Crippen molar-refractivity contribution in [1.82, 2.24) is 39.2 Å². The maximum absolute atomic E-state index is 13.9. The van der Waals surface area contributed by atoms with Crippen molar-refractivity contribution in [1.29, 1.82) is 0 Å². The number of aromatic nitrogens is 7. The van der Waals surface area contributed by atoms with Crippen LogP contribution in [0.4, 0.5) is 4.39 Å². The lowest BCUT2D eigenvalue weighted by Crippen LogP contribution is -2.38. The van der Waals surface area contributed by atoms with Crippen molar-refractivity contribution in [2.45, 2.75) is 25.4 Å². The van der Waals surface area contributed by atoms with Gasteiger partial charge in [-0.1, -0.05) is 6.07 Å². The molecule has 35 heavy (non-hydrogen) atoms. The predicted octanol–water partition coefficient (Wildman–Crippen LogP) is 3.49. The molecule has 5 aromatic rings. The normalized spacial score (nSPS) is 15.7. The maximum atomic E-state index is 13.9. The summed E-state index contributed by atoms with van der Waals surface area (Å²) < 4.78 is 16.7. The van der Waals surface area contributed by atoms with E-state index in [0.717, 1.165) is 18.4 Å². The third-order valence-electron chi connectivity index (χ3n) is 6.20. The van der Waals surface area contributed by atoms with Crippen LogP contribution in [0.1, 0.15) is 23.2 Å². The van der Waals surface area contributed by atoms with Gasteiger partial charge in [0, 0.05) is 31.3 Å². The summed E-state index contributed by atoms with van der Waals surface area (Å²) in [6, 6.07) is 12.2. The van der Waals surface area contributed by atoms with Crippen molar-refractivity contribution < 1.29 is 9.18 Å². The summed E-state index contributed by atoms with van der Waals surface area (Å²) in [6.45, 7) is 1.19. The van der Waals surface area contributed by atoms with Gasteiger partial charge in [0.2, 0.25) is 0 Å². The number of carbonyl (C=O) groups excluding carboxylic acids is 1. The van der Waals surface area contributed by atoms with E-state index in [1.165, 1.54) is 12.3 Å². The minimum Gasteiger partial charge on any atom is -0.334 e. The van der Waals surface area contributed by atoms with Crippen LogP contribution in [-0.4, -0.2) is 57.7 Å². The van der Waals surface area contributed by atoms with Gasteiger partial charge in [-0.05, 0) is 49.2 Å². The Bertz CT molecular complexity index is 1500. The number of likely N-dealkylation sites (tertiary alicyclic amines) is 1. The zero-order valence-corrected chi connectivity index (χ0v) is 18.7. The highest BCUT2D eigenvalue weighted by Gasteiger charge is 2.34. The Morgan fingerprint density at radius 1 is 0.971 bits per heavy atom. The zero-order chi connectivity index (χ0) is 23.8. The number of halogens is 1. The molecule has 0 bridgehead atoms. The summed E-state index contributed by atoms with van der Waals surface area (Å²) in [5, 5.41) is 9.22. The summed E-state index contributed by atoms with van der Waals surface area (Å²) in [6.07, 6.45) is 9.91. The number of nitrogens with zero attached hydrogens (tertiary/aromatic N) is 8. The van der Waals surface area contributed by atoms with Gasteiger partial charge in [0.25, 0.3) is 5.91 Å². The number of pyridine rings is 2. The van der Waals surface area contributed by atoms with Crippen LogP contribution in [0.3, 0.4) is 0 Å². The SMILES string of the molecule is O=C(c1c(-c2ncccn2)nn2ccccc12)N1CCC[C@H]1Cn1ccc(-c2ccc(F)cn2)n1. The number of fused-ring (bicyclic) bond motifs is 1.